The summed E-state index contributed by atoms with van der Waals surface area (Å²) in [6.07, 6.45) is 5.12. The topological polar surface area (TPSA) is 109 Å². The molecule has 1 fully saturated rings. The lowest BCUT2D eigenvalue weighted by Crippen LogP contribution is -2.51. The van der Waals surface area contributed by atoms with Crippen LogP contribution in [0.2, 0.25) is 0 Å². The highest BCUT2D eigenvalue weighted by Gasteiger charge is 2.34. The Kier molecular flexibility index (Phi) is 8.77. The first kappa shape index (κ1) is 24.3. The standard InChI is InChI=1S/C22H29N3O5S2/c1-31-14-11-20(22(27)23-15-18-8-6-13-30-18)24-21(26)17-7-5-12-25(16-17)32(28,29)19-9-3-2-4-10-19/h2-4,6,8-10,13,17,20H,5,7,11-12,14-16H2,1H3,(H,23,27)(H,24,26)/t17-,20-/m1/s1. The number of carbonyl (C=O) groups is 2. The summed E-state index contributed by atoms with van der Waals surface area (Å²) >= 11 is 1.59. The number of nitrogens with one attached hydrogen (secondary N) is 2. The van der Waals surface area contributed by atoms with Crippen molar-refractivity contribution in [2.75, 3.05) is 25.1 Å². The number of hydrogen-bond acceptors (Lipinski definition) is 6. The molecule has 3 rings (SSSR count). The molecule has 1 saturated heterocycles. The van der Waals surface area contributed by atoms with Crippen LogP contribution in [0.25, 0.3) is 0 Å². The Balaban J connectivity index is 1.62. The van der Waals surface area contributed by atoms with E-state index in [4.69, 9.17) is 4.42 Å². The van der Waals surface area contributed by atoms with E-state index in [9.17, 15) is 18.0 Å². The molecule has 2 amide bonds. The lowest BCUT2D eigenvalue weighted by molar-refractivity contribution is -0.132. The van der Waals surface area contributed by atoms with Crippen LogP contribution >= 0.6 is 11.8 Å². The molecular formula is C22H29N3O5S2. The Bertz CT molecular complexity index is 980. The molecule has 1 aliphatic heterocycles. The first-order valence-electron chi connectivity index (χ1n) is 10.6. The van der Waals surface area contributed by atoms with E-state index in [0.717, 1.165) is 0 Å². The number of sulfonamides is 1. The maximum Gasteiger partial charge on any atom is 0.243 e. The quantitative estimate of drug-likeness (QED) is 0.541. The van der Waals surface area contributed by atoms with Crippen LogP contribution in [-0.2, 0) is 26.2 Å². The third kappa shape index (κ3) is 6.36. The van der Waals surface area contributed by atoms with Crippen molar-refractivity contribution in [3.05, 3.63) is 54.5 Å². The molecule has 0 spiro atoms. The van der Waals surface area contributed by atoms with Gasteiger partial charge < -0.3 is 15.1 Å². The van der Waals surface area contributed by atoms with E-state index in [1.807, 2.05) is 6.26 Å². The van der Waals surface area contributed by atoms with E-state index in [1.165, 1.54) is 10.6 Å². The molecule has 1 aliphatic rings. The maximum atomic E-state index is 13.0. The fourth-order valence-corrected chi connectivity index (χ4v) is 5.64. The zero-order valence-corrected chi connectivity index (χ0v) is 19.7. The summed E-state index contributed by atoms with van der Waals surface area (Å²) in [5.41, 5.74) is 0. The predicted octanol–water partition coefficient (Wildman–Crippen LogP) is 2.23. The average molecular weight is 480 g/mol. The van der Waals surface area contributed by atoms with Crippen molar-refractivity contribution in [3.8, 4) is 0 Å². The van der Waals surface area contributed by atoms with Crippen LogP contribution in [0, 0.1) is 5.92 Å². The summed E-state index contributed by atoms with van der Waals surface area (Å²) in [5, 5.41) is 5.64. The van der Waals surface area contributed by atoms with E-state index >= 15 is 0 Å². The molecule has 2 atom stereocenters. The zero-order chi connectivity index (χ0) is 23.0. The van der Waals surface area contributed by atoms with Gasteiger partial charge in [0, 0.05) is 13.1 Å². The van der Waals surface area contributed by atoms with Crippen molar-refractivity contribution in [1.82, 2.24) is 14.9 Å². The molecule has 0 aliphatic carbocycles. The number of carbonyl (C=O) groups excluding carboxylic acids is 2. The third-order valence-corrected chi connectivity index (χ3v) is 7.92. The van der Waals surface area contributed by atoms with E-state index in [2.05, 4.69) is 10.6 Å². The Morgan fingerprint density at radius 1 is 1.22 bits per heavy atom. The molecule has 174 valence electrons. The molecule has 8 nitrogen and oxygen atoms in total. The summed E-state index contributed by atoms with van der Waals surface area (Å²) < 4.78 is 32.5. The second-order valence-electron chi connectivity index (χ2n) is 7.66. The van der Waals surface area contributed by atoms with Gasteiger partial charge in [-0.15, -0.1) is 0 Å². The van der Waals surface area contributed by atoms with E-state index in [0.29, 0.717) is 37.3 Å². The SMILES string of the molecule is CSCC[C@@H](NC(=O)[C@@H]1CCCN(S(=O)(=O)c2ccccc2)C1)C(=O)NCc1ccco1. The molecule has 0 unspecified atom stereocenters. The number of rotatable bonds is 10. The minimum atomic E-state index is -3.66. The van der Waals surface area contributed by atoms with Crippen LogP contribution < -0.4 is 10.6 Å². The van der Waals surface area contributed by atoms with Gasteiger partial charge in [0.2, 0.25) is 21.8 Å². The van der Waals surface area contributed by atoms with E-state index in [1.54, 1.807) is 54.2 Å². The zero-order valence-electron chi connectivity index (χ0n) is 18.0. The largest absolute Gasteiger partial charge is 0.467 e. The van der Waals surface area contributed by atoms with Crippen LogP contribution in [-0.4, -0.2) is 55.7 Å². The van der Waals surface area contributed by atoms with E-state index in [-0.39, 0.29) is 29.8 Å². The molecule has 0 bridgehead atoms. The van der Waals surface area contributed by atoms with Crippen molar-refractivity contribution in [1.29, 1.82) is 0 Å². The van der Waals surface area contributed by atoms with Crippen molar-refractivity contribution in [2.45, 2.75) is 36.7 Å². The van der Waals surface area contributed by atoms with E-state index < -0.39 is 22.0 Å². The maximum absolute atomic E-state index is 13.0. The number of furan rings is 1. The van der Waals surface area contributed by atoms with Gasteiger partial charge in [0.15, 0.2) is 0 Å². The third-order valence-electron chi connectivity index (χ3n) is 5.40. The summed E-state index contributed by atoms with van der Waals surface area (Å²) in [4.78, 5) is 25.9. The lowest BCUT2D eigenvalue weighted by atomic mass is 9.98. The predicted molar refractivity (Wildman–Crippen MR) is 123 cm³/mol. The number of benzene rings is 1. The molecule has 0 saturated carbocycles. The summed E-state index contributed by atoms with van der Waals surface area (Å²) in [6.45, 7) is 0.719. The molecule has 0 radical (unpaired) electrons. The normalized spacial score (nSPS) is 18.1. The molecule has 2 N–H and O–H groups in total. The Hall–Kier alpha value is -2.30. The smallest absolute Gasteiger partial charge is 0.243 e. The van der Waals surface area contributed by atoms with Crippen molar-refractivity contribution in [3.63, 3.8) is 0 Å². The fraction of sp³-hybridized carbons (Fsp3) is 0.455. The van der Waals surface area contributed by atoms with Crippen LogP contribution in [0.15, 0.2) is 58.0 Å². The highest BCUT2D eigenvalue weighted by atomic mass is 32.2. The summed E-state index contributed by atoms with van der Waals surface area (Å²) in [7, 11) is -3.66. The molecular weight excluding hydrogens is 450 g/mol. The van der Waals surface area contributed by atoms with Crippen LogP contribution in [0.4, 0.5) is 0 Å². The van der Waals surface area contributed by atoms with Crippen LogP contribution in [0.1, 0.15) is 25.0 Å². The van der Waals surface area contributed by atoms with Gasteiger partial charge in [-0.2, -0.15) is 16.1 Å². The number of amides is 2. The molecule has 1 aromatic heterocycles. The highest BCUT2D eigenvalue weighted by Crippen LogP contribution is 2.24. The molecule has 32 heavy (non-hydrogen) atoms. The van der Waals surface area contributed by atoms with Gasteiger partial charge in [-0.1, -0.05) is 18.2 Å². The Labute approximate surface area is 193 Å². The number of thioether (sulfide) groups is 1. The lowest BCUT2D eigenvalue weighted by Gasteiger charge is -2.32. The molecule has 1 aromatic carbocycles. The van der Waals surface area contributed by atoms with Crippen molar-refractivity contribution in [2.24, 2.45) is 5.92 Å². The first-order chi connectivity index (χ1) is 15.4. The average Bonchev–Trinajstić information content (AvgIpc) is 3.34. The summed E-state index contributed by atoms with van der Waals surface area (Å²) in [5.74, 6) is 0.253. The Morgan fingerprint density at radius 2 is 2.00 bits per heavy atom. The molecule has 10 heteroatoms. The van der Waals surface area contributed by atoms with Gasteiger partial charge in [-0.05, 0) is 55.5 Å². The number of piperidine rings is 1. The van der Waals surface area contributed by atoms with Crippen molar-refractivity contribution < 1.29 is 22.4 Å². The highest BCUT2D eigenvalue weighted by molar-refractivity contribution is 7.98. The number of hydrogen-bond donors (Lipinski definition) is 2. The van der Waals surface area contributed by atoms with Gasteiger partial charge >= 0.3 is 0 Å². The van der Waals surface area contributed by atoms with Gasteiger partial charge in [-0.25, -0.2) is 8.42 Å². The monoisotopic (exact) mass is 479 g/mol. The van der Waals surface area contributed by atoms with Gasteiger partial charge in [0.1, 0.15) is 11.8 Å². The summed E-state index contributed by atoms with van der Waals surface area (Å²) in [6, 6.07) is 11.0. The van der Waals surface area contributed by atoms with Gasteiger partial charge in [-0.3, -0.25) is 9.59 Å². The second kappa shape index (κ2) is 11.5. The Morgan fingerprint density at radius 3 is 2.69 bits per heavy atom. The fourth-order valence-electron chi connectivity index (χ4n) is 3.62. The minimum absolute atomic E-state index is 0.103. The van der Waals surface area contributed by atoms with Gasteiger partial charge in [0.25, 0.3) is 0 Å². The minimum Gasteiger partial charge on any atom is -0.467 e. The van der Waals surface area contributed by atoms with Crippen LogP contribution in [0.3, 0.4) is 0 Å². The number of nitrogens with zero attached hydrogens (tertiary/aromatic N) is 1. The van der Waals surface area contributed by atoms with Crippen molar-refractivity contribution >= 4 is 33.6 Å². The molecule has 2 aromatic rings. The second-order valence-corrected chi connectivity index (χ2v) is 10.6. The molecule has 2 heterocycles. The first-order valence-corrected chi connectivity index (χ1v) is 13.4. The van der Waals surface area contributed by atoms with Gasteiger partial charge in [0.05, 0.1) is 23.6 Å². The van der Waals surface area contributed by atoms with Crippen LogP contribution in [0.5, 0.6) is 0 Å².